The van der Waals surface area contributed by atoms with Gasteiger partial charge in [-0.25, -0.2) is 4.79 Å². The molecule has 0 radical (unpaired) electrons. The Morgan fingerprint density at radius 2 is 2.10 bits per heavy atom. The van der Waals surface area contributed by atoms with E-state index < -0.39 is 11.7 Å². The molecule has 21 heavy (non-hydrogen) atoms. The molecule has 0 aliphatic heterocycles. The standard InChI is InChI=1S/C16H24N2O3/c1-16(2,3)21-15(19)18-10-6-5-7-12-8-9-13(17)11-14(12)20-4/h5,7-9,11H,6,10,17H2,1-4H3,(H,18,19). The Balaban J connectivity index is 2.41. The molecule has 1 aromatic rings. The molecule has 0 aliphatic carbocycles. The van der Waals surface area contributed by atoms with Gasteiger partial charge in [0.05, 0.1) is 7.11 Å². The van der Waals surface area contributed by atoms with Gasteiger partial charge < -0.3 is 20.5 Å². The second kappa shape index (κ2) is 7.57. The van der Waals surface area contributed by atoms with Crippen LogP contribution in [0.25, 0.3) is 6.08 Å². The Morgan fingerprint density at radius 1 is 1.38 bits per heavy atom. The molecule has 0 atom stereocenters. The van der Waals surface area contributed by atoms with Gasteiger partial charge in [0.25, 0.3) is 0 Å². The normalized spacial score (nSPS) is 11.4. The molecule has 116 valence electrons. The Kier molecular flexibility index (Phi) is 6.09. The first-order chi connectivity index (χ1) is 9.81. The molecule has 1 rings (SSSR count). The van der Waals surface area contributed by atoms with Gasteiger partial charge in [0.2, 0.25) is 0 Å². The van der Waals surface area contributed by atoms with Crippen molar-refractivity contribution in [1.82, 2.24) is 5.32 Å². The van der Waals surface area contributed by atoms with Crippen LogP contribution in [0.2, 0.25) is 0 Å². The minimum absolute atomic E-state index is 0.402. The molecular weight excluding hydrogens is 268 g/mol. The Hall–Kier alpha value is -2.17. The minimum atomic E-state index is -0.475. The van der Waals surface area contributed by atoms with Crippen LogP contribution in [0, 0.1) is 0 Å². The van der Waals surface area contributed by atoms with E-state index in [2.05, 4.69) is 5.32 Å². The van der Waals surface area contributed by atoms with Gasteiger partial charge >= 0.3 is 6.09 Å². The average molecular weight is 292 g/mol. The van der Waals surface area contributed by atoms with Crippen molar-refractivity contribution >= 4 is 17.9 Å². The van der Waals surface area contributed by atoms with Crippen molar-refractivity contribution in [3.05, 3.63) is 29.8 Å². The van der Waals surface area contributed by atoms with E-state index in [4.69, 9.17) is 15.2 Å². The minimum Gasteiger partial charge on any atom is -0.496 e. The van der Waals surface area contributed by atoms with Crippen LogP contribution in [-0.4, -0.2) is 25.3 Å². The van der Waals surface area contributed by atoms with E-state index in [1.165, 1.54) is 0 Å². The number of alkyl carbamates (subject to hydrolysis) is 1. The Bertz CT molecular complexity index is 505. The number of nitrogens with two attached hydrogens (primary N) is 1. The highest BCUT2D eigenvalue weighted by Crippen LogP contribution is 2.22. The fourth-order valence-corrected chi connectivity index (χ4v) is 1.65. The quantitative estimate of drug-likeness (QED) is 0.645. The Labute approximate surface area is 126 Å². The van der Waals surface area contributed by atoms with Crippen molar-refractivity contribution in [3.8, 4) is 5.75 Å². The molecule has 5 nitrogen and oxygen atoms in total. The summed E-state index contributed by atoms with van der Waals surface area (Å²) in [6, 6.07) is 5.49. The average Bonchev–Trinajstić information content (AvgIpc) is 2.37. The predicted octanol–water partition coefficient (Wildman–Crippen LogP) is 3.21. The molecule has 0 aliphatic rings. The molecule has 1 amide bonds. The molecule has 5 heteroatoms. The van der Waals surface area contributed by atoms with Crippen molar-refractivity contribution in [2.24, 2.45) is 0 Å². The van der Waals surface area contributed by atoms with Gasteiger partial charge in [0.15, 0.2) is 0 Å². The highest BCUT2D eigenvalue weighted by molar-refractivity contribution is 5.67. The number of benzene rings is 1. The van der Waals surface area contributed by atoms with Gasteiger partial charge in [-0.15, -0.1) is 0 Å². The molecule has 0 aromatic heterocycles. The summed E-state index contributed by atoms with van der Waals surface area (Å²) in [6.07, 6.45) is 4.20. The maximum atomic E-state index is 11.4. The zero-order valence-electron chi connectivity index (χ0n) is 13.1. The lowest BCUT2D eigenvalue weighted by atomic mass is 10.1. The fourth-order valence-electron chi connectivity index (χ4n) is 1.65. The lowest BCUT2D eigenvalue weighted by molar-refractivity contribution is 0.0529. The second-order valence-corrected chi connectivity index (χ2v) is 5.62. The zero-order valence-corrected chi connectivity index (χ0v) is 13.1. The largest absolute Gasteiger partial charge is 0.496 e. The second-order valence-electron chi connectivity index (χ2n) is 5.62. The summed E-state index contributed by atoms with van der Waals surface area (Å²) in [5.74, 6) is 0.728. The molecule has 0 saturated heterocycles. The fraction of sp³-hybridized carbons (Fsp3) is 0.438. The van der Waals surface area contributed by atoms with E-state index in [-0.39, 0.29) is 0 Å². The van der Waals surface area contributed by atoms with Crippen molar-refractivity contribution in [2.45, 2.75) is 32.8 Å². The highest BCUT2D eigenvalue weighted by atomic mass is 16.6. The molecule has 0 fully saturated rings. The number of rotatable bonds is 5. The van der Waals surface area contributed by atoms with E-state index in [1.807, 2.05) is 45.1 Å². The number of methoxy groups -OCH3 is 1. The third-order valence-electron chi connectivity index (χ3n) is 2.53. The molecule has 0 heterocycles. The van der Waals surface area contributed by atoms with Crippen LogP contribution < -0.4 is 15.8 Å². The van der Waals surface area contributed by atoms with Gasteiger partial charge in [0.1, 0.15) is 11.4 Å². The summed E-state index contributed by atoms with van der Waals surface area (Å²) < 4.78 is 10.4. The van der Waals surface area contributed by atoms with Crippen molar-refractivity contribution in [1.29, 1.82) is 0 Å². The molecule has 1 aromatic carbocycles. The van der Waals surface area contributed by atoms with Crippen LogP contribution in [0.3, 0.4) is 0 Å². The lowest BCUT2D eigenvalue weighted by Gasteiger charge is -2.19. The van der Waals surface area contributed by atoms with Gasteiger partial charge in [-0.3, -0.25) is 0 Å². The first-order valence-electron chi connectivity index (χ1n) is 6.89. The van der Waals surface area contributed by atoms with E-state index in [1.54, 1.807) is 13.2 Å². The number of hydrogen-bond donors (Lipinski definition) is 2. The number of amides is 1. The van der Waals surface area contributed by atoms with Crippen LogP contribution >= 0.6 is 0 Å². The lowest BCUT2D eigenvalue weighted by Crippen LogP contribution is -2.32. The molecular formula is C16H24N2O3. The maximum Gasteiger partial charge on any atom is 0.407 e. The smallest absolute Gasteiger partial charge is 0.407 e. The van der Waals surface area contributed by atoms with Gasteiger partial charge in [-0.1, -0.05) is 12.2 Å². The molecule has 0 unspecified atom stereocenters. The SMILES string of the molecule is COc1cc(N)ccc1C=CCCNC(=O)OC(C)(C)C. The molecule has 0 spiro atoms. The number of carbonyl (C=O) groups excluding carboxylic acids is 1. The summed E-state index contributed by atoms with van der Waals surface area (Å²) in [4.78, 5) is 11.4. The van der Waals surface area contributed by atoms with E-state index >= 15 is 0 Å². The predicted molar refractivity (Wildman–Crippen MR) is 85.3 cm³/mol. The topological polar surface area (TPSA) is 73.6 Å². The van der Waals surface area contributed by atoms with Crippen LogP contribution in [0.1, 0.15) is 32.8 Å². The number of nitrogen functional groups attached to an aromatic ring is 1. The third-order valence-corrected chi connectivity index (χ3v) is 2.53. The zero-order chi connectivity index (χ0) is 15.9. The van der Waals surface area contributed by atoms with Crippen molar-refractivity contribution < 1.29 is 14.3 Å². The van der Waals surface area contributed by atoms with Gasteiger partial charge in [0, 0.05) is 23.9 Å². The van der Waals surface area contributed by atoms with E-state index in [9.17, 15) is 4.79 Å². The van der Waals surface area contributed by atoms with Crippen molar-refractivity contribution in [3.63, 3.8) is 0 Å². The first-order valence-corrected chi connectivity index (χ1v) is 6.89. The summed E-state index contributed by atoms with van der Waals surface area (Å²) >= 11 is 0. The number of nitrogens with one attached hydrogen (secondary N) is 1. The number of carbonyl (C=O) groups is 1. The van der Waals surface area contributed by atoms with E-state index in [0.29, 0.717) is 18.7 Å². The van der Waals surface area contributed by atoms with E-state index in [0.717, 1.165) is 11.3 Å². The highest BCUT2D eigenvalue weighted by Gasteiger charge is 2.15. The van der Waals surface area contributed by atoms with Crippen LogP contribution in [0.15, 0.2) is 24.3 Å². The maximum absolute atomic E-state index is 11.4. The summed E-state index contributed by atoms with van der Waals surface area (Å²) in [5.41, 5.74) is 6.83. The van der Waals surface area contributed by atoms with Crippen molar-refractivity contribution in [2.75, 3.05) is 19.4 Å². The number of hydrogen-bond acceptors (Lipinski definition) is 4. The molecule has 0 bridgehead atoms. The summed E-state index contributed by atoms with van der Waals surface area (Å²) in [7, 11) is 1.61. The van der Waals surface area contributed by atoms with Gasteiger partial charge in [-0.05, 0) is 39.3 Å². The van der Waals surface area contributed by atoms with Gasteiger partial charge in [-0.2, -0.15) is 0 Å². The monoisotopic (exact) mass is 292 g/mol. The molecule has 0 saturated carbocycles. The third kappa shape index (κ3) is 6.70. The number of anilines is 1. The number of ether oxygens (including phenoxy) is 2. The molecule has 3 N–H and O–H groups in total. The first kappa shape index (κ1) is 16.9. The van der Waals surface area contributed by atoms with Crippen LogP contribution in [-0.2, 0) is 4.74 Å². The summed E-state index contributed by atoms with van der Waals surface area (Å²) in [5, 5.41) is 2.70. The van der Waals surface area contributed by atoms with Crippen LogP contribution in [0.5, 0.6) is 5.75 Å². The summed E-state index contributed by atoms with van der Waals surface area (Å²) in [6.45, 7) is 6.02. The van der Waals surface area contributed by atoms with Crippen LogP contribution in [0.4, 0.5) is 10.5 Å². The Morgan fingerprint density at radius 3 is 2.71 bits per heavy atom.